The SMILES string of the molecule is CC(C)[C@@H](Nc1ncc(C(=O)O)c(C(F)(F)F)n1)c1cc2cc(CO)c(S(C)(=O)=O)cc2[nH]1. The van der Waals surface area contributed by atoms with Crippen LogP contribution in [0.1, 0.15) is 47.2 Å². The molecule has 3 aromatic rings. The number of aromatic nitrogens is 3. The van der Waals surface area contributed by atoms with Crippen LogP contribution in [-0.2, 0) is 22.6 Å². The molecule has 2 aromatic heterocycles. The summed E-state index contributed by atoms with van der Waals surface area (Å²) in [5.74, 6) is -2.41. The molecule has 0 aliphatic carbocycles. The van der Waals surface area contributed by atoms with Crippen LogP contribution in [0.4, 0.5) is 19.1 Å². The summed E-state index contributed by atoms with van der Waals surface area (Å²) >= 11 is 0. The predicted octanol–water partition coefficient (Wildman–Crippen LogP) is 3.38. The van der Waals surface area contributed by atoms with E-state index in [4.69, 9.17) is 5.11 Å². The smallest absolute Gasteiger partial charge is 0.434 e. The molecule has 0 aliphatic rings. The molecule has 0 aliphatic heterocycles. The molecule has 0 spiro atoms. The minimum absolute atomic E-state index is 0.0395. The molecule has 0 saturated heterocycles. The second kappa shape index (κ2) is 8.63. The van der Waals surface area contributed by atoms with Crippen molar-refractivity contribution in [3.05, 3.63) is 46.9 Å². The Labute approximate surface area is 186 Å². The Morgan fingerprint density at radius 3 is 2.42 bits per heavy atom. The summed E-state index contributed by atoms with van der Waals surface area (Å²) < 4.78 is 64.0. The molecule has 0 amide bonds. The lowest BCUT2D eigenvalue weighted by atomic mass is 10.0. The van der Waals surface area contributed by atoms with Crippen molar-refractivity contribution in [2.45, 2.75) is 37.6 Å². The minimum atomic E-state index is -5.00. The highest BCUT2D eigenvalue weighted by molar-refractivity contribution is 7.90. The molecule has 3 rings (SSSR count). The lowest BCUT2D eigenvalue weighted by Crippen LogP contribution is -2.22. The molecule has 33 heavy (non-hydrogen) atoms. The Balaban J connectivity index is 2.06. The van der Waals surface area contributed by atoms with Gasteiger partial charge in [0.25, 0.3) is 0 Å². The average molecular weight is 486 g/mol. The van der Waals surface area contributed by atoms with Gasteiger partial charge in [0.15, 0.2) is 15.5 Å². The van der Waals surface area contributed by atoms with Crippen LogP contribution in [-0.4, -0.2) is 45.8 Å². The van der Waals surface area contributed by atoms with E-state index in [1.807, 2.05) is 0 Å². The molecule has 4 N–H and O–H groups in total. The molecule has 1 aromatic carbocycles. The van der Waals surface area contributed by atoms with Gasteiger partial charge in [0.2, 0.25) is 5.95 Å². The Morgan fingerprint density at radius 2 is 1.91 bits per heavy atom. The number of carbonyl (C=O) groups is 1. The van der Waals surface area contributed by atoms with E-state index >= 15 is 0 Å². The number of carboxylic acids is 1. The maximum Gasteiger partial charge on any atom is 0.434 e. The van der Waals surface area contributed by atoms with Crippen LogP contribution in [0.2, 0.25) is 0 Å². The number of carboxylic acid groups (broad SMARTS) is 1. The van der Waals surface area contributed by atoms with Crippen molar-refractivity contribution in [3.63, 3.8) is 0 Å². The van der Waals surface area contributed by atoms with Gasteiger partial charge in [0.05, 0.1) is 17.5 Å². The molecule has 178 valence electrons. The van der Waals surface area contributed by atoms with E-state index < -0.39 is 51.8 Å². The number of benzene rings is 1. The summed E-state index contributed by atoms with van der Waals surface area (Å²) in [6, 6.07) is 3.95. The first kappa shape index (κ1) is 24.5. The number of alkyl halides is 3. The Bertz CT molecular complexity index is 1320. The second-order valence-corrected chi connectivity index (χ2v) is 9.81. The summed E-state index contributed by atoms with van der Waals surface area (Å²) in [5.41, 5.74) is -1.46. The number of aliphatic hydroxyl groups is 1. The summed E-state index contributed by atoms with van der Waals surface area (Å²) in [7, 11) is -3.61. The molecule has 0 bridgehead atoms. The summed E-state index contributed by atoms with van der Waals surface area (Å²) in [5, 5.41) is 21.9. The third-order valence-corrected chi connectivity index (χ3v) is 6.15. The third-order valence-electron chi connectivity index (χ3n) is 4.97. The number of aromatic carboxylic acids is 1. The number of hydrogen-bond acceptors (Lipinski definition) is 7. The zero-order valence-corrected chi connectivity index (χ0v) is 18.5. The van der Waals surface area contributed by atoms with E-state index in [9.17, 15) is 31.5 Å². The summed E-state index contributed by atoms with van der Waals surface area (Å²) in [6.45, 7) is 3.09. The number of hydrogen-bond donors (Lipinski definition) is 4. The van der Waals surface area contributed by atoms with Crippen LogP contribution < -0.4 is 5.32 Å². The second-order valence-electron chi connectivity index (χ2n) is 7.83. The number of nitrogens with zero attached hydrogens (tertiary/aromatic N) is 2. The van der Waals surface area contributed by atoms with Crippen molar-refractivity contribution in [2.24, 2.45) is 5.92 Å². The van der Waals surface area contributed by atoms with Crippen molar-refractivity contribution in [3.8, 4) is 0 Å². The standard InChI is InChI=1S/C20H21F3N4O5S/c1-9(2)16(26-19-24-7-12(18(29)30)17(27-19)20(21,22)23)14-5-10-4-11(8-28)15(33(3,31)32)6-13(10)25-14/h4-7,9,16,25,28H,8H2,1-3H3,(H,29,30)(H,24,26,27)/t16-/m1/s1. The highest BCUT2D eigenvalue weighted by Gasteiger charge is 2.38. The van der Waals surface area contributed by atoms with Crippen molar-refractivity contribution < 1.29 is 36.6 Å². The first-order valence-corrected chi connectivity index (χ1v) is 11.5. The number of sulfone groups is 1. The fourth-order valence-corrected chi connectivity index (χ4v) is 4.37. The number of anilines is 1. The average Bonchev–Trinajstić information content (AvgIpc) is 3.11. The van der Waals surface area contributed by atoms with Crippen molar-refractivity contribution >= 4 is 32.7 Å². The van der Waals surface area contributed by atoms with Gasteiger partial charge >= 0.3 is 12.1 Å². The number of aliphatic hydroxyl groups excluding tert-OH is 1. The lowest BCUT2D eigenvalue weighted by Gasteiger charge is -2.22. The molecule has 2 heterocycles. The van der Waals surface area contributed by atoms with Gasteiger partial charge < -0.3 is 20.5 Å². The van der Waals surface area contributed by atoms with E-state index in [-0.39, 0.29) is 16.4 Å². The fraction of sp³-hybridized carbons (Fsp3) is 0.350. The van der Waals surface area contributed by atoms with E-state index in [1.54, 1.807) is 19.9 Å². The van der Waals surface area contributed by atoms with Crippen LogP contribution in [0.25, 0.3) is 10.9 Å². The van der Waals surface area contributed by atoms with Crippen LogP contribution in [0.5, 0.6) is 0 Å². The van der Waals surface area contributed by atoms with E-state index in [0.717, 1.165) is 6.26 Å². The topological polar surface area (TPSA) is 145 Å². The fourth-order valence-electron chi connectivity index (χ4n) is 3.43. The number of nitrogens with one attached hydrogen (secondary N) is 2. The van der Waals surface area contributed by atoms with E-state index in [1.165, 1.54) is 12.1 Å². The summed E-state index contributed by atoms with van der Waals surface area (Å²) in [4.78, 5) is 21.2. The molecule has 0 saturated carbocycles. The van der Waals surface area contributed by atoms with E-state index in [2.05, 4.69) is 20.3 Å². The zero-order chi connectivity index (χ0) is 24.7. The summed E-state index contributed by atoms with van der Waals surface area (Å²) in [6.07, 6.45) is -3.38. The molecule has 13 heteroatoms. The number of fused-ring (bicyclic) bond motifs is 1. The van der Waals surface area contributed by atoms with Crippen LogP contribution in [0.3, 0.4) is 0 Å². The third kappa shape index (κ3) is 5.09. The highest BCUT2D eigenvalue weighted by atomic mass is 32.2. The quantitative estimate of drug-likeness (QED) is 0.398. The first-order valence-electron chi connectivity index (χ1n) is 9.63. The Morgan fingerprint density at radius 1 is 1.24 bits per heavy atom. The number of H-pyrrole nitrogens is 1. The highest BCUT2D eigenvalue weighted by Crippen LogP contribution is 2.33. The largest absolute Gasteiger partial charge is 0.478 e. The van der Waals surface area contributed by atoms with Crippen molar-refractivity contribution in [2.75, 3.05) is 11.6 Å². The monoisotopic (exact) mass is 486 g/mol. The van der Waals surface area contributed by atoms with Gasteiger partial charge in [-0.1, -0.05) is 13.8 Å². The molecule has 0 unspecified atom stereocenters. The molecular weight excluding hydrogens is 465 g/mol. The van der Waals surface area contributed by atoms with E-state index in [0.29, 0.717) is 22.8 Å². The normalized spacial score (nSPS) is 13.5. The van der Waals surface area contributed by atoms with Crippen LogP contribution >= 0.6 is 0 Å². The van der Waals surface area contributed by atoms with Gasteiger partial charge in [-0.05, 0) is 29.7 Å². The molecule has 1 atom stereocenters. The van der Waals surface area contributed by atoms with Gasteiger partial charge in [0, 0.05) is 29.0 Å². The molecule has 0 radical (unpaired) electrons. The van der Waals surface area contributed by atoms with Crippen LogP contribution in [0.15, 0.2) is 29.3 Å². The lowest BCUT2D eigenvalue weighted by molar-refractivity contribution is -0.141. The molecule has 0 fully saturated rings. The number of halogens is 3. The zero-order valence-electron chi connectivity index (χ0n) is 17.7. The molecule has 9 nitrogen and oxygen atoms in total. The van der Waals surface area contributed by atoms with Gasteiger partial charge in [-0.2, -0.15) is 13.2 Å². The van der Waals surface area contributed by atoms with Gasteiger partial charge in [-0.15, -0.1) is 0 Å². The first-order chi connectivity index (χ1) is 15.2. The van der Waals surface area contributed by atoms with Gasteiger partial charge in [0.1, 0.15) is 5.56 Å². The molecular formula is C20H21F3N4O5S. The maximum absolute atomic E-state index is 13.3. The maximum atomic E-state index is 13.3. The minimum Gasteiger partial charge on any atom is -0.478 e. The van der Waals surface area contributed by atoms with Gasteiger partial charge in [-0.25, -0.2) is 23.2 Å². The van der Waals surface area contributed by atoms with Crippen LogP contribution in [0, 0.1) is 5.92 Å². The number of aromatic amines is 1. The predicted molar refractivity (Wildman–Crippen MR) is 113 cm³/mol. The number of rotatable bonds is 7. The van der Waals surface area contributed by atoms with Crippen molar-refractivity contribution in [1.82, 2.24) is 15.0 Å². The Hall–Kier alpha value is -3.19. The Kier molecular flexibility index (Phi) is 6.40. The van der Waals surface area contributed by atoms with Crippen molar-refractivity contribution in [1.29, 1.82) is 0 Å². The van der Waals surface area contributed by atoms with Gasteiger partial charge in [-0.3, -0.25) is 0 Å².